The zero-order chi connectivity index (χ0) is 21.9. The van der Waals surface area contributed by atoms with E-state index >= 15 is 0 Å². The maximum absolute atomic E-state index is 11.7. The van der Waals surface area contributed by atoms with Gasteiger partial charge in [-0.25, -0.2) is 0 Å². The Balaban J connectivity index is 1.58. The topological polar surface area (TPSA) is 40.5 Å². The van der Waals surface area contributed by atoms with E-state index in [1.54, 1.807) is 0 Å². The molecular formula is C28H48O2. The third kappa shape index (κ3) is 3.62. The van der Waals surface area contributed by atoms with Crippen LogP contribution in [0.25, 0.3) is 0 Å². The second-order valence-corrected chi connectivity index (χ2v) is 13.0. The predicted octanol–water partition coefficient (Wildman–Crippen LogP) is 6.75. The van der Waals surface area contributed by atoms with Gasteiger partial charge in [-0.2, -0.15) is 0 Å². The third-order valence-electron chi connectivity index (χ3n) is 10.6. The van der Waals surface area contributed by atoms with Crippen LogP contribution < -0.4 is 0 Å². The van der Waals surface area contributed by atoms with Gasteiger partial charge in [0.1, 0.15) is 0 Å². The van der Waals surface area contributed by atoms with Crippen molar-refractivity contribution >= 4 is 0 Å². The number of aliphatic hydroxyl groups excluding tert-OH is 1. The first-order chi connectivity index (χ1) is 14.0. The molecule has 3 fully saturated rings. The summed E-state index contributed by atoms with van der Waals surface area (Å²) in [4.78, 5) is 0. The van der Waals surface area contributed by atoms with Crippen molar-refractivity contribution in [2.75, 3.05) is 0 Å². The van der Waals surface area contributed by atoms with Gasteiger partial charge in [-0.3, -0.25) is 0 Å². The van der Waals surface area contributed by atoms with Gasteiger partial charge in [0.25, 0.3) is 0 Å². The molecule has 30 heavy (non-hydrogen) atoms. The summed E-state index contributed by atoms with van der Waals surface area (Å²) < 4.78 is 0. The lowest BCUT2D eigenvalue weighted by Crippen LogP contribution is -2.58. The maximum atomic E-state index is 11.7. The Labute approximate surface area is 185 Å². The zero-order valence-corrected chi connectivity index (χ0v) is 20.6. The van der Waals surface area contributed by atoms with E-state index in [-0.39, 0.29) is 11.5 Å². The molecule has 0 saturated heterocycles. The second kappa shape index (κ2) is 7.91. The van der Waals surface area contributed by atoms with Gasteiger partial charge < -0.3 is 10.2 Å². The standard InChI is InChI=1S/C28H48O2/c1-18(2)8-7-9-19(3)22-10-11-23-25-24(13-15-27(22,23)5)26(4)14-12-21(29)16-20(26)17-28(25,6)30/h17-19,21-25,29-30H,7-16H2,1-6H3/t19?,21-,22?,23?,24?,25?,26-,27+,28?/m0/s1. The number of hydrogen-bond donors (Lipinski definition) is 2. The van der Waals surface area contributed by atoms with Crippen molar-refractivity contribution in [2.24, 2.45) is 46.3 Å². The molecule has 0 amide bonds. The zero-order valence-electron chi connectivity index (χ0n) is 20.6. The first kappa shape index (κ1) is 22.8. The van der Waals surface area contributed by atoms with Crippen LogP contribution in [0.4, 0.5) is 0 Å². The molecule has 0 bridgehead atoms. The Bertz CT molecular complexity index is 664. The summed E-state index contributed by atoms with van der Waals surface area (Å²) in [7, 11) is 0. The summed E-state index contributed by atoms with van der Waals surface area (Å²) in [6.45, 7) is 14.3. The van der Waals surface area contributed by atoms with Gasteiger partial charge in [-0.1, -0.05) is 65.5 Å². The van der Waals surface area contributed by atoms with E-state index in [4.69, 9.17) is 0 Å². The molecule has 0 spiro atoms. The third-order valence-corrected chi connectivity index (χ3v) is 10.6. The van der Waals surface area contributed by atoms with E-state index in [1.807, 2.05) is 0 Å². The molecule has 0 aromatic heterocycles. The van der Waals surface area contributed by atoms with Crippen molar-refractivity contribution in [1.82, 2.24) is 0 Å². The van der Waals surface area contributed by atoms with Crippen molar-refractivity contribution in [3.63, 3.8) is 0 Å². The van der Waals surface area contributed by atoms with Crippen LogP contribution >= 0.6 is 0 Å². The fourth-order valence-corrected chi connectivity index (χ4v) is 9.01. The first-order valence-electron chi connectivity index (χ1n) is 13.1. The molecular weight excluding hydrogens is 368 g/mol. The van der Waals surface area contributed by atoms with Crippen molar-refractivity contribution < 1.29 is 10.2 Å². The van der Waals surface area contributed by atoms with Crippen LogP contribution in [-0.2, 0) is 0 Å². The summed E-state index contributed by atoms with van der Waals surface area (Å²) >= 11 is 0. The van der Waals surface area contributed by atoms with E-state index < -0.39 is 5.60 Å². The minimum absolute atomic E-state index is 0.189. The molecule has 2 nitrogen and oxygen atoms in total. The van der Waals surface area contributed by atoms with Crippen LogP contribution in [0, 0.1) is 46.3 Å². The Morgan fingerprint density at radius 2 is 1.70 bits per heavy atom. The predicted molar refractivity (Wildman–Crippen MR) is 125 cm³/mol. The summed E-state index contributed by atoms with van der Waals surface area (Å²) in [5, 5.41) is 22.0. The monoisotopic (exact) mass is 416 g/mol. The molecule has 4 aliphatic rings. The molecule has 6 unspecified atom stereocenters. The first-order valence-corrected chi connectivity index (χ1v) is 13.1. The Hall–Kier alpha value is -0.340. The van der Waals surface area contributed by atoms with Gasteiger partial charge in [-0.05, 0) is 98.2 Å². The molecule has 4 rings (SSSR count). The number of aliphatic hydroxyl groups is 2. The van der Waals surface area contributed by atoms with E-state index in [2.05, 4.69) is 47.6 Å². The lowest BCUT2D eigenvalue weighted by Gasteiger charge is -2.62. The highest BCUT2D eigenvalue weighted by molar-refractivity contribution is 5.31. The molecule has 0 heterocycles. The van der Waals surface area contributed by atoms with E-state index in [0.29, 0.717) is 23.2 Å². The number of fused-ring (bicyclic) bond motifs is 5. The highest BCUT2D eigenvalue weighted by Crippen LogP contribution is 2.68. The van der Waals surface area contributed by atoms with Gasteiger partial charge in [0.15, 0.2) is 0 Å². The van der Waals surface area contributed by atoms with E-state index in [0.717, 1.165) is 37.0 Å². The molecule has 4 aliphatic carbocycles. The van der Waals surface area contributed by atoms with Crippen LogP contribution in [0.15, 0.2) is 11.6 Å². The molecule has 0 aromatic carbocycles. The largest absolute Gasteiger partial charge is 0.393 e. The molecule has 2 heteroatoms. The highest BCUT2D eigenvalue weighted by Gasteiger charge is 2.63. The van der Waals surface area contributed by atoms with Gasteiger partial charge in [0.2, 0.25) is 0 Å². The minimum Gasteiger partial charge on any atom is -0.393 e. The summed E-state index contributed by atoms with van der Waals surface area (Å²) in [6, 6.07) is 0. The van der Waals surface area contributed by atoms with Crippen molar-refractivity contribution in [2.45, 2.75) is 117 Å². The molecule has 0 radical (unpaired) electrons. The highest BCUT2D eigenvalue weighted by atomic mass is 16.3. The van der Waals surface area contributed by atoms with Gasteiger partial charge in [0.05, 0.1) is 11.7 Å². The van der Waals surface area contributed by atoms with Gasteiger partial charge in [0, 0.05) is 0 Å². The fourth-order valence-electron chi connectivity index (χ4n) is 9.01. The Kier molecular flexibility index (Phi) is 6.02. The van der Waals surface area contributed by atoms with Gasteiger partial charge >= 0.3 is 0 Å². The average Bonchev–Trinajstić information content (AvgIpc) is 2.99. The van der Waals surface area contributed by atoms with Crippen LogP contribution in [0.3, 0.4) is 0 Å². The van der Waals surface area contributed by atoms with Crippen molar-refractivity contribution in [1.29, 1.82) is 0 Å². The lowest BCUT2D eigenvalue weighted by atomic mass is 9.44. The second-order valence-electron chi connectivity index (χ2n) is 13.0. The van der Waals surface area contributed by atoms with Crippen molar-refractivity contribution in [3.05, 3.63) is 11.6 Å². The summed E-state index contributed by atoms with van der Waals surface area (Å²) in [5.41, 5.74) is 1.21. The van der Waals surface area contributed by atoms with E-state index in [1.165, 1.54) is 50.5 Å². The average molecular weight is 417 g/mol. The van der Waals surface area contributed by atoms with Crippen LogP contribution in [-0.4, -0.2) is 21.9 Å². The number of rotatable bonds is 5. The molecule has 0 aliphatic heterocycles. The summed E-state index contributed by atoms with van der Waals surface area (Å²) in [6.07, 6.45) is 14.1. The van der Waals surface area contributed by atoms with Crippen molar-refractivity contribution in [3.8, 4) is 0 Å². The Morgan fingerprint density at radius 1 is 0.967 bits per heavy atom. The summed E-state index contributed by atoms with van der Waals surface area (Å²) in [5.74, 6) is 4.03. The van der Waals surface area contributed by atoms with E-state index in [9.17, 15) is 10.2 Å². The smallest absolute Gasteiger partial charge is 0.0836 e. The quantitative estimate of drug-likeness (QED) is 0.487. The lowest BCUT2D eigenvalue weighted by molar-refractivity contribution is -0.133. The molecule has 0 aromatic rings. The SMILES string of the molecule is CC(C)CCCC(C)C1CCC2C3C(CC[C@]12C)[C@@]1(C)CC[C@H](O)CC1=CC3(C)O. The molecule has 9 atom stereocenters. The molecule has 3 saturated carbocycles. The molecule has 172 valence electrons. The van der Waals surface area contributed by atoms with Crippen LogP contribution in [0.1, 0.15) is 106 Å². The van der Waals surface area contributed by atoms with Crippen LogP contribution in [0.2, 0.25) is 0 Å². The number of hydrogen-bond acceptors (Lipinski definition) is 2. The van der Waals surface area contributed by atoms with Gasteiger partial charge in [-0.15, -0.1) is 0 Å². The molecule has 2 N–H and O–H groups in total. The minimum atomic E-state index is -0.724. The maximum Gasteiger partial charge on any atom is 0.0836 e. The van der Waals surface area contributed by atoms with Crippen LogP contribution in [0.5, 0.6) is 0 Å². The normalized spacial score (nSPS) is 49.2. The fraction of sp³-hybridized carbons (Fsp3) is 0.929. The Morgan fingerprint density at radius 3 is 2.40 bits per heavy atom.